The Morgan fingerprint density at radius 2 is 1.76 bits per heavy atom. The van der Waals surface area contributed by atoms with E-state index in [0.717, 1.165) is 12.2 Å². The summed E-state index contributed by atoms with van der Waals surface area (Å²) < 4.78 is 27.5. The highest BCUT2D eigenvalue weighted by Gasteiger charge is 2.17. The van der Waals surface area contributed by atoms with Crippen molar-refractivity contribution in [3.63, 3.8) is 0 Å². The summed E-state index contributed by atoms with van der Waals surface area (Å²) in [6, 6.07) is 8.19. The standard InChI is InChI=1S/C16H27NO3S/c1-5-16(2,3)14-6-8-15(9-7-14)20-12-10-17-11-13-21(4,18)19/h6-9,17H,5,10-13H2,1-4H3. The molecule has 1 N–H and O–H groups in total. The van der Waals surface area contributed by atoms with Gasteiger partial charge in [-0.15, -0.1) is 0 Å². The summed E-state index contributed by atoms with van der Waals surface area (Å²) in [4.78, 5) is 0. The fraction of sp³-hybridized carbons (Fsp3) is 0.625. The minimum absolute atomic E-state index is 0.161. The van der Waals surface area contributed by atoms with Crippen LogP contribution in [0.15, 0.2) is 24.3 Å². The SMILES string of the molecule is CCC(C)(C)c1ccc(OCCNCCS(C)(=O)=O)cc1. The number of hydrogen-bond acceptors (Lipinski definition) is 4. The van der Waals surface area contributed by atoms with Gasteiger partial charge in [-0.25, -0.2) is 8.42 Å². The van der Waals surface area contributed by atoms with Crippen molar-refractivity contribution in [3.8, 4) is 5.75 Å². The van der Waals surface area contributed by atoms with Crippen molar-refractivity contribution < 1.29 is 13.2 Å². The van der Waals surface area contributed by atoms with E-state index in [2.05, 4.69) is 38.2 Å². The fourth-order valence-corrected chi connectivity index (χ4v) is 2.35. The van der Waals surface area contributed by atoms with Crippen LogP contribution in [0.25, 0.3) is 0 Å². The molecule has 0 aromatic heterocycles. The lowest BCUT2D eigenvalue weighted by molar-refractivity contribution is 0.315. The quantitative estimate of drug-likeness (QED) is 0.711. The lowest BCUT2D eigenvalue weighted by Gasteiger charge is -2.23. The average molecular weight is 313 g/mol. The van der Waals surface area contributed by atoms with Gasteiger partial charge in [0.05, 0.1) is 5.75 Å². The Morgan fingerprint density at radius 1 is 1.14 bits per heavy atom. The molecular formula is C16H27NO3S. The zero-order valence-electron chi connectivity index (χ0n) is 13.5. The van der Waals surface area contributed by atoms with E-state index in [9.17, 15) is 8.42 Å². The fourth-order valence-electron chi connectivity index (χ4n) is 1.83. The lowest BCUT2D eigenvalue weighted by Crippen LogP contribution is -2.26. The van der Waals surface area contributed by atoms with Crippen LogP contribution in [0.5, 0.6) is 5.75 Å². The molecule has 0 saturated heterocycles. The van der Waals surface area contributed by atoms with Crippen LogP contribution in [0.1, 0.15) is 32.8 Å². The number of hydrogen-bond donors (Lipinski definition) is 1. The Kier molecular flexibility index (Phi) is 6.68. The number of rotatable bonds is 9. The highest BCUT2D eigenvalue weighted by molar-refractivity contribution is 7.90. The summed E-state index contributed by atoms with van der Waals surface area (Å²) >= 11 is 0. The minimum atomic E-state index is -2.89. The van der Waals surface area contributed by atoms with E-state index in [1.54, 1.807) is 0 Å². The molecule has 0 bridgehead atoms. The molecule has 0 aliphatic carbocycles. The van der Waals surface area contributed by atoms with E-state index >= 15 is 0 Å². The highest BCUT2D eigenvalue weighted by Crippen LogP contribution is 2.27. The first-order valence-electron chi connectivity index (χ1n) is 7.36. The van der Waals surface area contributed by atoms with Gasteiger partial charge in [-0.05, 0) is 29.5 Å². The third-order valence-electron chi connectivity index (χ3n) is 3.72. The summed E-state index contributed by atoms with van der Waals surface area (Å²) in [5, 5.41) is 3.05. The Morgan fingerprint density at radius 3 is 2.29 bits per heavy atom. The van der Waals surface area contributed by atoms with Crippen molar-refractivity contribution in [1.82, 2.24) is 5.32 Å². The van der Waals surface area contributed by atoms with Crippen molar-refractivity contribution in [2.45, 2.75) is 32.6 Å². The normalized spacial score (nSPS) is 12.4. The van der Waals surface area contributed by atoms with Crippen molar-refractivity contribution in [3.05, 3.63) is 29.8 Å². The molecule has 0 heterocycles. The molecule has 0 atom stereocenters. The highest BCUT2D eigenvalue weighted by atomic mass is 32.2. The van der Waals surface area contributed by atoms with Crippen molar-refractivity contribution in [1.29, 1.82) is 0 Å². The zero-order valence-corrected chi connectivity index (χ0v) is 14.3. The number of sulfone groups is 1. The first-order chi connectivity index (χ1) is 9.74. The van der Waals surface area contributed by atoms with Gasteiger partial charge in [-0.3, -0.25) is 0 Å². The third kappa shape index (κ3) is 6.96. The molecule has 0 radical (unpaired) electrons. The van der Waals surface area contributed by atoms with Gasteiger partial charge in [0.25, 0.3) is 0 Å². The predicted octanol–water partition coefficient (Wildman–Crippen LogP) is 2.39. The predicted molar refractivity (Wildman–Crippen MR) is 87.8 cm³/mol. The molecular weight excluding hydrogens is 286 g/mol. The largest absolute Gasteiger partial charge is 0.492 e. The molecule has 0 spiro atoms. The Hall–Kier alpha value is -1.07. The molecule has 0 aliphatic heterocycles. The molecule has 0 amide bonds. The molecule has 0 saturated carbocycles. The van der Waals surface area contributed by atoms with E-state index in [1.165, 1.54) is 11.8 Å². The van der Waals surface area contributed by atoms with Crippen LogP contribution in [-0.4, -0.2) is 40.1 Å². The van der Waals surface area contributed by atoms with E-state index < -0.39 is 9.84 Å². The summed E-state index contributed by atoms with van der Waals surface area (Å²) in [5.74, 6) is 1.00. The smallest absolute Gasteiger partial charge is 0.148 e. The molecule has 5 heteroatoms. The molecule has 0 unspecified atom stereocenters. The zero-order chi connectivity index (χ0) is 15.9. The van der Waals surface area contributed by atoms with Gasteiger partial charge in [0, 0.05) is 19.3 Å². The molecule has 21 heavy (non-hydrogen) atoms. The van der Waals surface area contributed by atoms with Crippen LogP contribution in [-0.2, 0) is 15.3 Å². The molecule has 0 aliphatic rings. The summed E-state index contributed by atoms with van der Waals surface area (Å²) in [6.07, 6.45) is 2.34. The van der Waals surface area contributed by atoms with Gasteiger partial charge >= 0.3 is 0 Å². The van der Waals surface area contributed by atoms with Crippen LogP contribution in [0, 0.1) is 0 Å². The van der Waals surface area contributed by atoms with E-state index in [4.69, 9.17) is 4.74 Å². The molecule has 120 valence electrons. The second-order valence-electron chi connectivity index (χ2n) is 5.99. The van der Waals surface area contributed by atoms with Gasteiger partial charge in [0.15, 0.2) is 0 Å². The Bertz CT molecular complexity index is 521. The van der Waals surface area contributed by atoms with Crippen molar-refractivity contribution >= 4 is 9.84 Å². The van der Waals surface area contributed by atoms with Gasteiger partial charge < -0.3 is 10.1 Å². The maximum atomic E-state index is 11.0. The summed E-state index contributed by atoms with van der Waals surface area (Å²) in [6.45, 7) is 8.28. The van der Waals surface area contributed by atoms with E-state index in [1.807, 2.05) is 12.1 Å². The number of benzene rings is 1. The van der Waals surface area contributed by atoms with Gasteiger partial charge in [0.1, 0.15) is 22.2 Å². The summed E-state index contributed by atoms with van der Waals surface area (Å²) in [7, 11) is -2.89. The van der Waals surface area contributed by atoms with E-state index in [0.29, 0.717) is 19.7 Å². The first-order valence-corrected chi connectivity index (χ1v) is 9.42. The maximum absolute atomic E-state index is 11.0. The molecule has 4 nitrogen and oxygen atoms in total. The van der Waals surface area contributed by atoms with Crippen molar-refractivity contribution in [2.75, 3.05) is 31.7 Å². The second kappa shape index (κ2) is 7.80. The average Bonchev–Trinajstić information content (AvgIpc) is 2.42. The first kappa shape index (κ1) is 18.0. The summed E-state index contributed by atoms with van der Waals surface area (Å²) in [5.41, 5.74) is 1.50. The third-order valence-corrected chi connectivity index (χ3v) is 4.66. The van der Waals surface area contributed by atoms with Gasteiger partial charge in [-0.1, -0.05) is 32.9 Å². The van der Waals surface area contributed by atoms with Crippen LogP contribution in [0.3, 0.4) is 0 Å². The minimum Gasteiger partial charge on any atom is -0.492 e. The van der Waals surface area contributed by atoms with Gasteiger partial charge in [0.2, 0.25) is 0 Å². The monoisotopic (exact) mass is 313 g/mol. The molecule has 1 rings (SSSR count). The maximum Gasteiger partial charge on any atom is 0.148 e. The number of ether oxygens (including phenoxy) is 1. The van der Waals surface area contributed by atoms with Gasteiger partial charge in [-0.2, -0.15) is 0 Å². The van der Waals surface area contributed by atoms with Crippen molar-refractivity contribution in [2.24, 2.45) is 0 Å². The number of nitrogens with one attached hydrogen (secondary N) is 1. The topological polar surface area (TPSA) is 55.4 Å². The van der Waals surface area contributed by atoms with E-state index in [-0.39, 0.29) is 11.2 Å². The Labute approximate surface area is 128 Å². The van der Waals surface area contributed by atoms with Crippen LogP contribution < -0.4 is 10.1 Å². The lowest BCUT2D eigenvalue weighted by atomic mass is 9.82. The molecule has 1 aromatic carbocycles. The molecule has 1 aromatic rings. The van der Waals surface area contributed by atoms with Crippen LogP contribution in [0.2, 0.25) is 0 Å². The Balaban J connectivity index is 2.31. The molecule has 0 fully saturated rings. The van der Waals surface area contributed by atoms with Crippen LogP contribution in [0.4, 0.5) is 0 Å². The second-order valence-corrected chi connectivity index (χ2v) is 8.25. The van der Waals surface area contributed by atoms with Crippen LogP contribution >= 0.6 is 0 Å².